The van der Waals surface area contributed by atoms with Crippen molar-refractivity contribution in [2.24, 2.45) is 0 Å². The van der Waals surface area contributed by atoms with Crippen LogP contribution in [-0.4, -0.2) is 21.6 Å². The molecule has 3 aromatic rings. The van der Waals surface area contributed by atoms with Gasteiger partial charge in [-0.25, -0.2) is 13.5 Å². The molecule has 0 aliphatic heterocycles. The number of hydrogen-bond donors (Lipinski definition) is 2. The van der Waals surface area contributed by atoms with E-state index in [1.54, 1.807) is 12.1 Å². The minimum Gasteiger partial charge on any atom is -0.326 e. The largest absolute Gasteiger partial charge is 0.326 e. The van der Waals surface area contributed by atoms with Gasteiger partial charge in [-0.05, 0) is 36.2 Å². The van der Waals surface area contributed by atoms with Crippen molar-refractivity contribution in [2.45, 2.75) is 26.8 Å². The molecule has 2 aromatic carbocycles. The number of amides is 2. The van der Waals surface area contributed by atoms with Crippen LogP contribution in [0.3, 0.4) is 0 Å². The van der Waals surface area contributed by atoms with Crippen molar-refractivity contribution in [1.29, 1.82) is 0 Å². The zero-order valence-corrected chi connectivity index (χ0v) is 16.9. The highest BCUT2D eigenvalue weighted by Crippen LogP contribution is 2.24. The van der Waals surface area contributed by atoms with Gasteiger partial charge in [0, 0.05) is 36.0 Å². The molecule has 160 valence electrons. The standard InChI is InChI=1S/C22H20F2N4O3/c1-3-14-4-5-15(8-20(14)25-13(2)29)19-6-7-22(31)28(27-19)12-21(30)26-18-10-16(23)9-17(24)11-18/h4-11H,3,12H2,1-2H3,(H,25,29)(H,26,30). The van der Waals surface area contributed by atoms with Crippen LogP contribution in [0.15, 0.2) is 53.3 Å². The number of nitrogens with one attached hydrogen (secondary N) is 2. The monoisotopic (exact) mass is 426 g/mol. The van der Waals surface area contributed by atoms with E-state index in [-0.39, 0.29) is 11.6 Å². The molecule has 9 heteroatoms. The fraction of sp³-hybridized carbons (Fsp3) is 0.182. The summed E-state index contributed by atoms with van der Waals surface area (Å²) in [5.41, 5.74) is 2.05. The number of benzene rings is 2. The first kappa shape index (κ1) is 21.8. The number of carbonyl (C=O) groups is 2. The zero-order valence-electron chi connectivity index (χ0n) is 16.9. The highest BCUT2D eigenvalue weighted by Gasteiger charge is 2.11. The molecule has 0 aliphatic rings. The summed E-state index contributed by atoms with van der Waals surface area (Å²) in [5, 5.41) is 9.32. The Morgan fingerprint density at radius 3 is 2.35 bits per heavy atom. The maximum Gasteiger partial charge on any atom is 0.267 e. The molecule has 0 saturated heterocycles. The van der Waals surface area contributed by atoms with Gasteiger partial charge in [0.2, 0.25) is 11.8 Å². The second-order valence-corrected chi connectivity index (χ2v) is 6.83. The van der Waals surface area contributed by atoms with E-state index in [0.29, 0.717) is 29.4 Å². The topological polar surface area (TPSA) is 93.1 Å². The van der Waals surface area contributed by atoms with Crippen LogP contribution >= 0.6 is 0 Å². The summed E-state index contributed by atoms with van der Waals surface area (Å²) < 4.78 is 27.5. The fourth-order valence-corrected chi connectivity index (χ4v) is 3.03. The number of rotatable bonds is 6. The predicted molar refractivity (Wildman–Crippen MR) is 113 cm³/mol. The number of hydrogen-bond acceptors (Lipinski definition) is 4. The molecule has 0 saturated carbocycles. The lowest BCUT2D eigenvalue weighted by atomic mass is 10.0. The van der Waals surface area contributed by atoms with Crippen LogP contribution in [0.1, 0.15) is 19.4 Å². The zero-order chi connectivity index (χ0) is 22.5. The van der Waals surface area contributed by atoms with E-state index in [0.717, 1.165) is 22.4 Å². The van der Waals surface area contributed by atoms with E-state index < -0.39 is 29.6 Å². The number of aromatic nitrogens is 2. The molecule has 2 amide bonds. The molecule has 31 heavy (non-hydrogen) atoms. The van der Waals surface area contributed by atoms with Crippen LogP contribution < -0.4 is 16.2 Å². The summed E-state index contributed by atoms with van der Waals surface area (Å²) in [4.78, 5) is 35.9. The van der Waals surface area contributed by atoms with Crippen LogP contribution in [0, 0.1) is 11.6 Å². The van der Waals surface area contributed by atoms with Gasteiger partial charge in [0.1, 0.15) is 18.2 Å². The van der Waals surface area contributed by atoms with Crippen LogP contribution in [0.5, 0.6) is 0 Å². The van der Waals surface area contributed by atoms with Crippen LogP contribution in [0.4, 0.5) is 20.2 Å². The second kappa shape index (κ2) is 9.29. The minimum atomic E-state index is -0.835. The Bertz CT molecular complexity index is 1190. The molecule has 2 N–H and O–H groups in total. The Kier molecular flexibility index (Phi) is 6.54. The quantitative estimate of drug-likeness (QED) is 0.632. The van der Waals surface area contributed by atoms with Crippen molar-refractivity contribution in [3.63, 3.8) is 0 Å². The molecule has 0 unspecified atom stereocenters. The third kappa shape index (κ3) is 5.59. The van der Waals surface area contributed by atoms with Crippen LogP contribution in [-0.2, 0) is 22.6 Å². The molecule has 0 aliphatic carbocycles. The van der Waals surface area contributed by atoms with Crippen LogP contribution in [0.2, 0.25) is 0 Å². The lowest BCUT2D eigenvalue weighted by molar-refractivity contribution is -0.117. The fourth-order valence-electron chi connectivity index (χ4n) is 3.03. The molecular weight excluding hydrogens is 406 g/mol. The first-order chi connectivity index (χ1) is 14.7. The Morgan fingerprint density at radius 1 is 1.00 bits per heavy atom. The molecule has 0 radical (unpaired) electrons. The Labute approximate surface area is 176 Å². The van der Waals surface area contributed by atoms with E-state index in [9.17, 15) is 23.2 Å². The number of aryl methyl sites for hydroxylation is 1. The molecule has 1 heterocycles. The van der Waals surface area contributed by atoms with Crippen molar-refractivity contribution in [3.8, 4) is 11.3 Å². The smallest absolute Gasteiger partial charge is 0.267 e. The highest BCUT2D eigenvalue weighted by molar-refractivity contribution is 5.91. The molecule has 0 spiro atoms. The second-order valence-electron chi connectivity index (χ2n) is 6.83. The number of halogens is 2. The average Bonchev–Trinajstić information content (AvgIpc) is 2.68. The summed E-state index contributed by atoms with van der Waals surface area (Å²) in [6, 6.07) is 10.8. The maximum absolute atomic E-state index is 13.3. The SMILES string of the molecule is CCc1ccc(-c2ccc(=O)n(CC(=O)Nc3cc(F)cc(F)c3)n2)cc1NC(C)=O. The van der Waals surface area contributed by atoms with Crippen molar-refractivity contribution in [3.05, 3.63) is 76.1 Å². The van der Waals surface area contributed by atoms with Gasteiger partial charge in [0.05, 0.1) is 5.69 Å². The van der Waals surface area contributed by atoms with Crippen molar-refractivity contribution in [1.82, 2.24) is 9.78 Å². The molecule has 0 bridgehead atoms. The lowest BCUT2D eigenvalue weighted by Crippen LogP contribution is -2.29. The molecule has 1 aromatic heterocycles. The number of anilines is 2. The summed E-state index contributed by atoms with van der Waals surface area (Å²) in [6.07, 6.45) is 0.712. The molecule has 3 rings (SSSR count). The summed E-state index contributed by atoms with van der Waals surface area (Å²) in [5.74, 6) is -2.55. The van der Waals surface area contributed by atoms with Gasteiger partial charge in [-0.15, -0.1) is 0 Å². The van der Waals surface area contributed by atoms with Crippen molar-refractivity contribution < 1.29 is 18.4 Å². The van der Waals surface area contributed by atoms with Gasteiger partial charge < -0.3 is 10.6 Å². The van der Waals surface area contributed by atoms with E-state index in [1.165, 1.54) is 19.1 Å². The summed E-state index contributed by atoms with van der Waals surface area (Å²) in [7, 11) is 0. The van der Waals surface area contributed by atoms with Gasteiger partial charge in [-0.3, -0.25) is 14.4 Å². The minimum absolute atomic E-state index is 0.0678. The first-order valence-electron chi connectivity index (χ1n) is 9.50. The normalized spacial score (nSPS) is 10.6. The Morgan fingerprint density at radius 2 is 1.71 bits per heavy atom. The summed E-state index contributed by atoms with van der Waals surface area (Å²) in [6.45, 7) is 2.92. The lowest BCUT2D eigenvalue weighted by Gasteiger charge is -2.12. The maximum atomic E-state index is 13.3. The summed E-state index contributed by atoms with van der Waals surface area (Å²) >= 11 is 0. The predicted octanol–water partition coefficient (Wildman–Crippen LogP) is 3.35. The molecule has 0 fully saturated rings. The molecule has 7 nitrogen and oxygen atoms in total. The van der Waals surface area contributed by atoms with Gasteiger partial charge in [-0.1, -0.05) is 19.1 Å². The van der Waals surface area contributed by atoms with Gasteiger partial charge in [0.25, 0.3) is 5.56 Å². The van der Waals surface area contributed by atoms with E-state index >= 15 is 0 Å². The number of nitrogens with zero attached hydrogens (tertiary/aromatic N) is 2. The van der Waals surface area contributed by atoms with Gasteiger partial charge >= 0.3 is 0 Å². The third-order valence-corrected chi connectivity index (χ3v) is 4.40. The van der Waals surface area contributed by atoms with E-state index in [2.05, 4.69) is 15.7 Å². The Balaban J connectivity index is 1.85. The van der Waals surface area contributed by atoms with Crippen molar-refractivity contribution >= 4 is 23.2 Å². The molecular formula is C22H20F2N4O3. The number of carbonyl (C=O) groups excluding carboxylic acids is 2. The van der Waals surface area contributed by atoms with E-state index in [1.807, 2.05) is 13.0 Å². The van der Waals surface area contributed by atoms with E-state index in [4.69, 9.17) is 0 Å². The molecule has 0 atom stereocenters. The average molecular weight is 426 g/mol. The van der Waals surface area contributed by atoms with Crippen molar-refractivity contribution in [2.75, 3.05) is 10.6 Å². The Hall–Kier alpha value is -3.88. The van der Waals surface area contributed by atoms with Crippen LogP contribution in [0.25, 0.3) is 11.3 Å². The van der Waals surface area contributed by atoms with Gasteiger partial charge in [0.15, 0.2) is 0 Å². The van der Waals surface area contributed by atoms with Gasteiger partial charge in [-0.2, -0.15) is 5.10 Å². The first-order valence-corrected chi connectivity index (χ1v) is 9.50. The third-order valence-electron chi connectivity index (χ3n) is 4.40. The highest BCUT2D eigenvalue weighted by atomic mass is 19.1.